The Bertz CT molecular complexity index is 489. The van der Waals surface area contributed by atoms with Crippen molar-refractivity contribution in [3.05, 3.63) is 0 Å². The monoisotopic (exact) mass is 583 g/mol. The van der Waals surface area contributed by atoms with Crippen LogP contribution in [0, 0.1) is 0 Å². The predicted molar refractivity (Wildman–Crippen MR) is 151 cm³/mol. The Morgan fingerprint density at radius 2 is 0.775 bits per heavy atom. The molecule has 1 N–H and O–H groups in total. The number of esters is 1. The van der Waals surface area contributed by atoms with Crippen molar-refractivity contribution in [3.63, 3.8) is 0 Å². The van der Waals surface area contributed by atoms with Gasteiger partial charge in [-0.25, -0.2) is 0 Å². The van der Waals surface area contributed by atoms with Crippen LogP contribution < -0.4 is 5.32 Å². The number of ether oxygens (including phenoxy) is 10. The topological polar surface area (TPSA) is 121 Å². The van der Waals surface area contributed by atoms with Crippen LogP contribution in [0.1, 0.15) is 39.0 Å². The molecule has 0 fully saturated rings. The van der Waals surface area contributed by atoms with Crippen LogP contribution in [-0.2, 0) is 52.2 Å². The molecule has 12 nitrogen and oxygen atoms in total. The number of unbranched alkanes of at least 4 members (excludes halogenated alkanes) is 3. The highest BCUT2D eigenvalue weighted by Gasteiger charge is 2.02. The minimum Gasteiger partial charge on any atom is -0.463 e. The summed E-state index contributed by atoms with van der Waals surface area (Å²) in [6, 6.07) is 0. The summed E-state index contributed by atoms with van der Waals surface area (Å²) in [6.07, 6.45) is 4.77. The molecule has 0 bridgehead atoms. The molecule has 12 heteroatoms. The molecule has 0 saturated heterocycles. The van der Waals surface area contributed by atoms with Crippen LogP contribution >= 0.6 is 0 Å². The Morgan fingerprint density at radius 3 is 1.10 bits per heavy atom. The zero-order valence-corrected chi connectivity index (χ0v) is 25.2. The van der Waals surface area contributed by atoms with Crippen LogP contribution in [0.3, 0.4) is 0 Å². The van der Waals surface area contributed by atoms with Gasteiger partial charge in [0.25, 0.3) is 0 Å². The Balaban J connectivity index is 3.07. The van der Waals surface area contributed by atoms with Gasteiger partial charge in [0.2, 0.25) is 0 Å². The van der Waals surface area contributed by atoms with E-state index in [-0.39, 0.29) is 12.6 Å². The second-order valence-corrected chi connectivity index (χ2v) is 8.65. The van der Waals surface area contributed by atoms with Crippen LogP contribution in [0.15, 0.2) is 0 Å². The molecule has 0 radical (unpaired) electrons. The normalized spacial score (nSPS) is 11.3. The van der Waals surface area contributed by atoms with E-state index in [2.05, 4.69) is 12.2 Å². The summed E-state index contributed by atoms with van der Waals surface area (Å²) in [5.41, 5.74) is 0. The Labute approximate surface area is 241 Å². The minimum absolute atomic E-state index is 0.150. The van der Waals surface area contributed by atoms with E-state index in [1.165, 1.54) is 0 Å². The summed E-state index contributed by atoms with van der Waals surface area (Å²) in [5, 5.41) is 3.02. The van der Waals surface area contributed by atoms with Crippen LogP contribution in [0.25, 0.3) is 0 Å². The molecule has 0 spiro atoms. The lowest BCUT2D eigenvalue weighted by atomic mass is 10.2. The largest absolute Gasteiger partial charge is 0.463 e. The van der Waals surface area contributed by atoms with Gasteiger partial charge in [-0.15, -0.1) is 0 Å². The molecule has 0 aromatic rings. The van der Waals surface area contributed by atoms with E-state index in [1.807, 2.05) is 7.05 Å². The van der Waals surface area contributed by atoms with Crippen molar-refractivity contribution in [1.82, 2.24) is 5.32 Å². The van der Waals surface area contributed by atoms with E-state index in [1.54, 1.807) is 0 Å². The van der Waals surface area contributed by atoms with Gasteiger partial charge in [0.1, 0.15) is 6.61 Å². The summed E-state index contributed by atoms with van der Waals surface area (Å²) in [5.74, 6) is -0.150. The Hall–Kier alpha value is -0.930. The highest BCUT2D eigenvalue weighted by atomic mass is 16.6. The third kappa shape index (κ3) is 35.1. The maximum Gasteiger partial charge on any atom is 0.305 e. The van der Waals surface area contributed by atoms with Gasteiger partial charge in [-0.2, -0.15) is 0 Å². The van der Waals surface area contributed by atoms with Gasteiger partial charge >= 0.3 is 5.97 Å². The van der Waals surface area contributed by atoms with Crippen molar-refractivity contribution in [2.45, 2.75) is 39.0 Å². The number of likely N-dealkylation sites (N-methyl/N-ethyl adjacent to an activating group) is 1. The number of hydrogen-bond acceptors (Lipinski definition) is 12. The van der Waals surface area contributed by atoms with E-state index in [0.29, 0.717) is 125 Å². The molecule has 0 aromatic carbocycles. The molecule has 0 aliphatic rings. The van der Waals surface area contributed by atoms with Crippen molar-refractivity contribution in [2.24, 2.45) is 0 Å². The zero-order valence-electron chi connectivity index (χ0n) is 25.2. The highest BCUT2D eigenvalue weighted by molar-refractivity contribution is 5.69. The molecule has 0 rings (SSSR count). The molecule has 0 saturated carbocycles. The summed E-state index contributed by atoms with van der Waals surface area (Å²) < 4.78 is 54.0. The van der Waals surface area contributed by atoms with Crippen molar-refractivity contribution in [2.75, 3.05) is 139 Å². The first-order chi connectivity index (χ1) is 19.8. The van der Waals surface area contributed by atoms with E-state index >= 15 is 0 Å². The number of carbonyl (C=O) groups excluding carboxylic acids is 1. The molecule has 0 amide bonds. The fourth-order valence-electron chi connectivity index (χ4n) is 3.02. The zero-order chi connectivity index (χ0) is 29.0. The fraction of sp³-hybridized carbons (Fsp3) is 0.964. The average Bonchev–Trinajstić information content (AvgIpc) is 2.96. The van der Waals surface area contributed by atoms with Gasteiger partial charge in [-0.1, -0.05) is 26.2 Å². The fourth-order valence-corrected chi connectivity index (χ4v) is 3.02. The second-order valence-electron chi connectivity index (χ2n) is 8.65. The van der Waals surface area contributed by atoms with E-state index in [9.17, 15) is 4.79 Å². The number of carbonyl (C=O) groups is 1. The minimum atomic E-state index is -0.150. The summed E-state index contributed by atoms with van der Waals surface area (Å²) in [4.78, 5) is 11.5. The lowest BCUT2D eigenvalue weighted by Crippen LogP contribution is -2.17. The molecule has 0 unspecified atom stereocenters. The Morgan fingerprint density at radius 1 is 0.450 bits per heavy atom. The summed E-state index contributed by atoms with van der Waals surface area (Å²) in [6.45, 7) is 12.7. The Kier molecular flexibility index (Phi) is 35.3. The van der Waals surface area contributed by atoms with Crippen molar-refractivity contribution in [3.8, 4) is 0 Å². The van der Waals surface area contributed by atoms with Crippen LogP contribution in [0.4, 0.5) is 0 Å². The molecule has 0 heterocycles. The molecule has 0 aliphatic carbocycles. The van der Waals surface area contributed by atoms with Crippen molar-refractivity contribution >= 4 is 5.97 Å². The van der Waals surface area contributed by atoms with Gasteiger partial charge in [0.05, 0.1) is 119 Å². The SMILES string of the molecule is CCCCCCC(=O)OCCOCCOCCOCCOCCOCCOCCOCCOCCOCCNC. The lowest BCUT2D eigenvalue weighted by molar-refractivity contribution is -0.145. The van der Waals surface area contributed by atoms with E-state index in [4.69, 9.17) is 47.4 Å². The molecular weight excluding hydrogens is 526 g/mol. The molecule has 0 atom stereocenters. The third-order valence-corrected chi connectivity index (χ3v) is 5.20. The average molecular weight is 584 g/mol. The number of rotatable bonds is 35. The maximum atomic E-state index is 11.5. The predicted octanol–water partition coefficient (Wildman–Crippen LogP) is 1.87. The highest BCUT2D eigenvalue weighted by Crippen LogP contribution is 2.03. The molecule has 40 heavy (non-hydrogen) atoms. The van der Waals surface area contributed by atoms with Gasteiger partial charge in [0, 0.05) is 13.0 Å². The quantitative estimate of drug-likeness (QED) is 0.0866. The van der Waals surface area contributed by atoms with Gasteiger partial charge in [-0.05, 0) is 13.5 Å². The van der Waals surface area contributed by atoms with Crippen LogP contribution in [0.2, 0.25) is 0 Å². The first kappa shape index (κ1) is 39.1. The van der Waals surface area contributed by atoms with Crippen LogP contribution in [-0.4, -0.2) is 145 Å². The second kappa shape index (κ2) is 36.1. The standard InChI is InChI=1S/C28H57NO11/c1-3-4-5-6-7-28(30)40-27-26-39-25-24-38-23-22-37-21-20-36-19-18-35-17-16-34-15-14-33-13-12-32-11-10-31-9-8-29-2/h29H,3-27H2,1-2H3. The van der Waals surface area contributed by atoms with Gasteiger partial charge < -0.3 is 52.7 Å². The summed E-state index contributed by atoms with van der Waals surface area (Å²) >= 11 is 0. The van der Waals surface area contributed by atoms with Gasteiger partial charge in [-0.3, -0.25) is 4.79 Å². The molecular formula is C28H57NO11. The smallest absolute Gasteiger partial charge is 0.305 e. The van der Waals surface area contributed by atoms with Crippen molar-refractivity contribution in [1.29, 1.82) is 0 Å². The van der Waals surface area contributed by atoms with E-state index in [0.717, 1.165) is 32.2 Å². The third-order valence-electron chi connectivity index (χ3n) is 5.20. The molecule has 240 valence electrons. The summed E-state index contributed by atoms with van der Waals surface area (Å²) in [7, 11) is 1.89. The number of hydrogen-bond donors (Lipinski definition) is 1. The van der Waals surface area contributed by atoms with Gasteiger partial charge in [0.15, 0.2) is 0 Å². The van der Waals surface area contributed by atoms with Crippen molar-refractivity contribution < 1.29 is 52.2 Å². The van der Waals surface area contributed by atoms with Crippen LogP contribution in [0.5, 0.6) is 0 Å². The number of nitrogens with one attached hydrogen (secondary N) is 1. The molecule has 0 aromatic heterocycles. The molecule has 0 aliphatic heterocycles. The first-order valence-corrected chi connectivity index (χ1v) is 14.8. The lowest BCUT2D eigenvalue weighted by Gasteiger charge is -2.09. The first-order valence-electron chi connectivity index (χ1n) is 14.8. The van der Waals surface area contributed by atoms with E-state index < -0.39 is 0 Å². The maximum absolute atomic E-state index is 11.5.